The normalized spacial score (nSPS) is 19.1. The van der Waals surface area contributed by atoms with E-state index in [2.05, 4.69) is 5.32 Å². The van der Waals surface area contributed by atoms with Crippen molar-refractivity contribution in [2.75, 3.05) is 13.7 Å². The largest absolute Gasteiger partial charge is 0.497 e. The Labute approximate surface area is 358 Å². The fraction of sp³-hybridized carbons (Fsp3) is 0.275. The Hall–Kier alpha value is -5.85. The Morgan fingerprint density at radius 2 is 0.902 bits per heavy atom. The second-order valence-electron chi connectivity index (χ2n) is 14.7. The Morgan fingerprint density at radius 1 is 0.492 bits per heavy atom. The zero-order valence-electron chi connectivity index (χ0n) is 34.3. The van der Waals surface area contributed by atoms with E-state index in [0.717, 1.165) is 39.1 Å². The van der Waals surface area contributed by atoms with Gasteiger partial charge in [0.1, 0.15) is 36.8 Å². The summed E-state index contributed by atoms with van der Waals surface area (Å²) in [5, 5.41) is 3.09. The van der Waals surface area contributed by atoms with Crippen LogP contribution in [0.15, 0.2) is 176 Å². The van der Waals surface area contributed by atoms with Gasteiger partial charge in [0.05, 0.1) is 52.8 Å². The van der Waals surface area contributed by atoms with E-state index in [1.165, 1.54) is 0 Å². The molecule has 1 fully saturated rings. The van der Waals surface area contributed by atoms with Crippen molar-refractivity contribution in [1.29, 1.82) is 0 Å². The molecule has 1 N–H and O–H groups in total. The maximum Gasteiger partial charge on any atom is 0.407 e. The number of amides is 1. The van der Waals surface area contributed by atoms with Gasteiger partial charge in [-0.3, -0.25) is 0 Å². The number of rotatable bonds is 21. The van der Waals surface area contributed by atoms with Crippen molar-refractivity contribution in [2.45, 2.75) is 76.4 Å². The van der Waals surface area contributed by atoms with E-state index in [9.17, 15) is 4.79 Å². The fourth-order valence-corrected chi connectivity index (χ4v) is 7.06. The number of alkyl carbamates (subject to hydrolysis) is 1. The van der Waals surface area contributed by atoms with Gasteiger partial charge in [-0.25, -0.2) is 4.79 Å². The molecule has 1 amide bonds. The van der Waals surface area contributed by atoms with Gasteiger partial charge in [-0.05, 0) is 45.5 Å². The van der Waals surface area contributed by atoms with Crippen LogP contribution in [0.3, 0.4) is 0 Å². The number of benzene rings is 6. The highest BCUT2D eigenvalue weighted by Gasteiger charge is 2.52. The molecule has 1 heterocycles. The summed E-state index contributed by atoms with van der Waals surface area (Å²) in [6.45, 7) is 1.36. The van der Waals surface area contributed by atoms with Gasteiger partial charge < -0.3 is 43.2 Å². The van der Waals surface area contributed by atoms with E-state index in [1.54, 1.807) is 7.11 Å². The van der Waals surface area contributed by atoms with E-state index in [-0.39, 0.29) is 39.6 Å². The minimum atomic E-state index is -0.973. The van der Waals surface area contributed by atoms with Crippen LogP contribution in [-0.4, -0.2) is 56.6 Å². The topological polar surface area (TPSA) is 103 Å². The highest BCUT2D eigenvalue weighted by molar-refractivity contribution is 5.67. The molecule has 0 spiro atoms. The third-order valence-corrected chi connectivity index (χ3v) is 10.3. The third kappa shape index (κ3) is 13.3. The number of methoxy groups -OCH3 is 1. The number of hydrogen-bond donors (Lipinski definition) is 1. The lowest BCUT2D eigenvalue weighted by molar-refractivity contribution is -0.330. The third-order valence-electron chi connectivity index (χ3n) is 10.3. The molecular formula is C51H53NO9. The summed E-state index contributed by atoms with van der Waals surface area (Å²) >= 11 is 0. The van der Waals surface area contributed by atoms with Crippen molar-refractivity contribution in [3.63, 3.8) is 0 Å². The molecule has 6 atom stereocenters. The van der Waals surface area contributed by atoms with Crippen molar-refractivity contribution in [3.05, 3.63) is 209 Å². The standard InChI is InChI=1S/C51H53NO9/c1-54-44-29-27-43(28-30-44)34-58-49-48(57-33-40-21-11-4-12-22-40)47(56-32-39-19-9-3-10-20-39)46(61-50(49)59-35-41-23-13-5-14-24-41)45(37-55-31-38-17-7-2-8-18-38)52-51(53)60-36-42-25-15-6-16-26-42/h2-30,45-50H,31-37H2,1H3,(H,52,53)/t45-,46+,47+,48-,49+,50-/m0/s1. The molecular weight excluding hydrogens is 771 g/mol. The quantitative estimate of drug-likeness (QED) is 0.0762. The van der Waals surface area contributed by atoms with Crippen LogP contribution >= 0.6 is 0 Å². The van der Waals surface area contributed by atoms with Gasteiger partial charge in [0.15, 0.2) is 6.29 Å². The number of carbonyl (C=O) groups is 1. The summed E-state index contributed by atoms with van der Waals surface area (Å²) in [5.41, 5.74) is 5.62. The molecule has 1 aliphatic heterocycles. The first-order valence-electron chi connectivity index (χ1n) is 20.6. The van der Waals surface area contributed by atoms with Crippen LogP contribution in [0.4, 0.5) is 4.79 Å². The smallest absolute Gasteiger partial charge is 0.407 e. The van der Waals surface area contributed by atoms with Crippen LogP contribution in [0, 0.1) is 0 Å². The lowest BCUT2D eigenvalue weighted by Gasteiger charge is -2.48. The van der Waals surface area contributed by atoms with E-state index in [0.29, 0.717) is 6.61 Å². The van der Waals surface area contributed by atoms with Crippen LogP contribution in [0.1, 0.15) is 33.4 Å². The minimum Gasteiger partial charge on any atom is -0.497 e. The minimum absolute atomic E-state index is 0.0549. The molecule has 10 nitrogen and oxygen atoms in total. The SMILES string of the molecule is COc1ccc(CO[C@H]2[C@@H](OCc3ccccc3)O[C@H]([C@H](COCc3ccccc3)NC(=O)OCc3ccccc3)[C@@H](OCc3ccccc3)[C@@H]2OCc2ccccc2)cc1. The van der Waals surface area contributed by atoms with Crippen LogP contribution in [0.25, 0.3) is 0 Å². The number of nitrogens with one attached hydrogen (secondary N) is 1. The van der Waals surface area contributed by atoms with Gasteiger partial charge >= 0.3 is 6.09 Å². The molecule has 316 valence electrons. The molecule has 0 bridgehead atoms. The summed E-state index contributed by atoms with van der Waals surface area (Å²) < 4.78 is 51.9. The number of hydrogen-bond acceptors (Lipinski definition) is 9. The molecule has 7 rings (SSSR count). The molecule has 6 aromatic carbocycles. The predicted molar refractivity (Wildman–Crippen MR) is 231 cm³/mol. The number of ether oxygens (including phenoxy) is 8. The molecule has 0 radical (unpaired) electrons. The summed E-state index contributed by atoms with van der Waals surface area (Å²) in [5.74, 6) is 0.741. The average molecular weight is 824 g/mol. The van der Waals surface area contributed by atoms with Crippen molar-refractivity contribution >= 4 is 6.09 Å². The van der Waals surface area contributed by atoms with Crippen LogP contribution in [0.2, 0.25) is 0 Å². The van der Waals surface area contributed by atoms with E-state index in [4.69, 9.17) is 37.9 Å². The maximum atomic E-state index is 13.8. The maximum absolute atomic E-state index is 13.8. The molecule has 61 heavy (non-hydrogen) atoms. The summed E-state index contributed by atoms with van der Waals surface area (Å²) in [4.78, 5) is 13.8. The van der Waals surface area contributed by atoms with E-state index >= 15 is 0 Å². The Morgan fingerprint density at radius 3 is 1.39 bits per heavy atom. The molecule has 0 unspecified atom stereocenters. The molecule has 0 aliphatic carbocycles. The predicted octanol–water partition coefficient (Wildman–Crippen LogP) is 9.20. The van der Waals surface area contributed by atoms with Crippen molar-refractivity contribution in [2.24, 2.45) is 0 Å². The molecule has 1 saturated heterocycles. The zero-order chi connectivity index (χ0) is 41.9. The zero-order valence-corrected chi connectivity index (χ0v) is 34.3. The van der Waals surface area contributed by atoms with Gasteiger partial charge in [-0.1, -0.05) is 164 Å². The van der Waals surface area contributed by atoms with Crippen LogP contribution in [0.5, 0.6) is 5.75 Å². The lowest BCUT2D eigenvalue weighted by atomic mass is 9.93. The van der Waals surface area contributed by atoms with Gasteiger partial charge in [-0.15, -0.1) is 0 Å². The monoisotopic (exact) mass is 823 g/mol. The average Bonchev–Trinajstić information content (AvgIpc) is 3.32. The molecule has 6 aromatic rings. The molecule has 0 saturated carbocycles. The van der Waals surface area contributed by atoms with Crippen LogP contribution in [-0.2, 0) is 72.8 Å². The molecule has 1 aliphatic rings. The Kier molecular flexibility index (Phi) is 16.5. The first kappa shape index (κ1) is 43.2. The fourth-order valence-electron chi connectivity index (χ4n) is 7.06. The van der Waals surface area contributed by atoms with Crippen LogP contribution < -0.4 is 10.1 Å². The van der Waals surface area contributed by atoms with Gasteiger partial charge in [0, 0.05) is 0 Å². The van der Waals surface area contributed by atoms with E-state index < -0.39 is 42.8 Å². The highest BCUT2D eigenvalue weighted by Crippen LogP contribution is 2.33. The Bertz CT molecular complexity index is 2130. The summed E-state index contributed by atoms with van der Waals surface area (Å²) in [6.07, 6.45) is -4.83. The van der Waals surface area contributed by atoms with E-state index in [1.807, 2.05) is 176 Å². The molecule has 0 aromatic heterocycles. The van der Waals surface area contributed by atoms with Crippen molar-refractivity contribution in [3.8, 4) is 5.75 Å². The van der Waals surface area contributed by atoms with Crippen molar-refractivity contribution in [1.82, 2.24) is 5.32 Å². The highest BCUT2D eigenvalue weighted by atomic mass is 16.7. The van der Waals surface area contributed by atoms with Gasteiger partial charge in [-0.2, -0.15) is 0 Å². The molecule has 10 heteroatoms. The Balaban J connectivity index is 1.24. The summed E-state index contributed by atoms with van der Waals surface area (Å²) in [6, 6.07) is 56.0. The first-order chi connectivity index (χ1) is 30.1. The second-order valence-corrected chi connectivity index (χ2v) is 14.7. The van der Waals surface area contributed by atoms with Crippen molar-refractivity contribution < 1.29 is 42.7 Å². The summed E-state index contributed by atoms with van der Waals surface area (Å²) in [7, 11) is 1.64. The lowest BCUT2D eigenvalue weighted by Crippen LogP contribution is -2.66. The first-order valence-corrected chi connectivity index (χ1v) is 20.6. The van der Waals surface area contributed by atoms with Gasteiger partial charge in [0.2, 0.25) is 0 Å². The second kappa shape index (κ2) is 23.2. The van der Waals surface area contributed by atoms with Gasteiger partial charge in [0.25, 0.3) is 0 Å². The number of carbonyl (C=O) groups excluding carboxylic acids is 1.